The van der Waals surface area contributed by atoms with Crippen LogP contribution in [0.4, 0.5) is 0 Å². The number of ether oxygens (including phenoxy) is 1. The first kappa shape index (κ1) is 21.1. The second-order valence-corrected chi connectivity index (χ2v) is 8.34. The Morgan fingerprint density at radius 2 is 1.81 bits per heavy atom. The highest BCUT2D eigenvalue weighted by Crippen LogP contribution is 2.35. The van der Waals surface area contributed by atoms with E-state index < -0.39 is 0 Å². The van der Waals surface area contributed by atoms with Crippen molar-refractivity contribution in [3.8, 4) is 5.75 Å². The van der Waals surface area contributed by atoms with Crippen molar-refractivity contribution < 1.29 is 14.3 Å². The third-order valence-electron chi connectivity index (χ3n) is 5.82. The summed E-state index contributed by atoms with van der Waals surface area (Å²) < 4.78 is 5.68. The molecule has 0 N–H and O–H groups in total. The Balaban J connectivity index is 1.69. The monoisotopic (exact) mass is 419 g/mol. The van der Waals surface area contributed by atoms with Gasteiger partial charge in [-0.3, -0.25) is 19.5 Å². The van der Waals surface area contributed by atoms with E-state index in [1.165, 1.54) is 4.90 Å². The van der Waals surface area contributed by atoms with Crippen LogP contribution < -0.4 is 4.74 Å². The molecule has 1 atom stereocenters. The fourth-order valence-electron chi connectivity index (χ4n) is 4.26. The highest BCUT2D eigenvalue weighted by Gasteiger charge is 2.42. The number of imide groups is 1. The van der Waals surface area contributed by atoms with Gasteiger partial charge in [-0.05, 0) is 60.6 Å². The van der Waals surface area contributed by atoms with Crippen LogP contribution in [0.1, 0.15) is 44.2 Å². The van der Waals surface area contributed by atoms with Crippen molar-refractivity contribution in [3.63, 3.8) is 0 Å². The zero-order chi connectivity index (χ0) is 21.8. The summed E-state index contributed by atoms with van der Waals surface area (Å²) in [6.45, 7) is 6.74. The fraction of sp³-hybridized carbons (Fsp3) is 0.400. The van der Waals surface area contributed by atoms with Gasteiger partial charge in [-0.2, -0.15) is 0 Å². The molecule has 2 aromatic rings. The van der Waals surface area contributed by atoms with Gasteiger partial charge in [0.2, 0.25) is 0 Å². The van der Waals surface area contributed by atoms with Crippen molar-refractivity contribution in [2.24, 2.45) is 5.92 Å². The smallest absolute Gasteiger partial charge is 0.278 e. The summed E-state index contributed by atoms with van der Waals surface area (Å²) >= 11 is 0. The van der Waals surface area contributed by atoms with Crippen molar-refractivity contribution in [2.75, 3.05) is 19.7 Å². The summed E-state index contributed by atoms with van der Waals surface area (Å²) in [4.78, 5) is 34.5. The molecule has 1 fully saturated rings. The third-order valence-corrected chi connectivity index (χ3v) is 5.82. The number of rotatable bonds is 7. The number of nitrogens with zero attached hydrogens (tertiary/aromatic N) is 3. The topological polar surface area (TPSA) is 62.7 Å². The molecule has 1 aromatic carbocycles. The normalized spacial score (nSPS) is 19.4. The SMILES string of the molecule is CCCOc1ccc(C2=C(N3CCCC(C)C3)C(=O)N(Cc3ccncc3)C2=O)cc1. The van der Waals surface area contributed by atoms with Gasteiger partial charge in [-0.25, -0.2) is 0 Å². The number of piperidine rings is 1. The maximum atomic E-state index is 13.5. The summed E-state index contributed by atoms with van der Waals surface area (Å²) in [6, 6.07) is 11.2. The van der Waals surface area contributed by atoms with Gasteiger partial charge in [0, 0.05) is 25.5 Å². The Morgan fingerprint density at radius 3 is 2.48 bits per heavy atom. The van der Waals surface area contributed by atoms with E-state index in [2.05, 4.69) is 23.7 Å². The first-order valence-corrected chi connectivity index (χ1v) is 11.1. The van der Waals surface area contributed by atoms with Crippen LogP contribution >= 0.6 is 0 Å². The minimum Gasteiger partial charge on any atom is -0.494 e. The Hall–Kier alpha value is -3.15. The number of benzene rings is 1. The standard InChI is InChI=1S/C25H29N3O3/c1-3-15-31-21-8-6-20(7-9-21)22-23(27-14-4-5-18(2)16-27)25(30)28(24(22)29)17-19-10-12-26-13-11-19/h6-13,18H,3-5,14-17H2,1-2H3. The largest absolute Gasteiger partial charge is 0.494 e. The molecule has 6 heteroatoms. The van der Waals surface area contributed by atoms with Crippen LogP contribution in [-0.2, 0) is 16.1 Å². The van der Waals surface area contributed by atoms with Crippen molar-refractivity contribution in [2.45, 2.75) is 39.7 Å². The lowest BCUT2D eigenvalue weighted by atomic mass is 9.97. The van der Waals surface area contributed by atoms with Crippen molar-refractivity contribution in [3.05, 3.63) is 65.6 Å². The lowest BCUT2D eigenvalue weighted by Gasteiger charge is -2.33. The first-order valence-electron chi connectivity index (χ1n) is 11.1. The second kappa shape index (κ2) is 9.33. The van der Waals surface area contributed by atoms with Crippen LogP contribution in [0.15, 0.2) is 54.5 Å². The summed E-state index contributed by atoms with van der Waals surface area (Å²) in [5, 5.41) is 0. The molecule has 162 valence electrons. The van der Waals surface area contributed by atoms with Gasteiger partial charge in [-0.1, -0.05) is 26.0 Å². The van der Waals surface area contributed by atoms with E-state index in [0.717, 1.165) is 49.2 Å². The highest BCUT2D eigenvalue weighted by molar-refractivity contribution is 6.35. The Labute approximate surface area is 183 Å². The molecule has 0 spiro atoms. The molecular formula is C25H29N3O3. The van der Waals surface area contributed by atoms with Crippen LogP contribution in [0.3, 0.4) is 0 Å². The predicted molar refractivity (Wildman–Crippen MR) is 119 cm³/mol. The van der Waals surface area contributed by atoms with Crippen LogP contribution in [-0.4, -0.2) is 46.3 Å². The lowest BCUT2D eigenvalue weighted by Crippen LogP contribution is -2.39. The summed E-state index contributed by atoms with van der Waals surface area (Å²) in [5.41, 5.74) is 2.67. The van der Waals surface area contributed by atoms with E-state index in [-0.39, 0.29) is 18.4 Å². The number of amides is 2. The quantitative estimate of drug-likeness (QED) is 0.638. The van der Waals surface area contributed by atoms with Crippen LogP contribution in [0, 0.1) is 5.92 Å². The number of hydrogen-bond acceptors (Lipinski definition) is 5. The minimum absolute atomic E-state index is 0.211. The van der Waals surface area contributed by atoms with Crippen molar-refractivity contribution in [1.82, 2.24) is 14.8 Å². The van der Waals surface area contributed by atoms with E-state index in [9.17, 15) is 9.59 Å². The molecule has 0 aliphatic carbocycles. The number of carbonyl (C=O) groups excluding carboxylic acids is 2. The summed E-state index contributed by atoms with van der Waals surface area (Å²) in [7, 11) is 0. The van der Waals surface area contributed by atoms with Gasteiger partial charge < -0.3 is 9.64 Å². The van der Waals surface area contributed by atoms with Crippen molar-refractivity contribution in [1.29, 1.82) is 0 Å². The van der Waals surface area contributed by atoms with Crippen LogP contribution in [0.5, 0.6) is 5.75 Å². The molecule has 4 rings (SSSR count). The maximum Gasteiger partial charge on any atom is 0.278 e. The predicted octanol–water partition coefficient (Wildman–Crippen LogP) is 3.88. The number of hydrogen-bond donors (Lipinski definition) is 0. The molecule has 0 radical (unpaired) electrons. The molecule has 1 saturated heterocycles. The Morgan fingerprint density at radius 1 is 1.06 bits per heavy atom. The molecule has 6 nitrogen and oxygen atoms in total. The zero-order valence-corrected chi connectivity index (χ0v) is 18.2. The lowest BCUT2D eigenvalue weighted by molar-refractivity contribution is -0.138. The van der Waals surface area contributed by atoms with Crippen molar-refractivity contribution >= 4 is 17.4 Å². The molecule has 0 saturated carbocycles. The molecule has 0 bridgehead atoms. The summed E-state index contributed by atoms with van der Waals surface area (Å²) in [5.74, 6) is 0.809. The van der Waals surface area contributed by atoms with E-state index in [4.69, 9.17) is 4.74 Å². The van der Waals surface area contributed by atoms with Gasteiger partial charge in [0.15, 0.2) is 0 Å². The average molecular weight is 420 g/mol. The average Bonchev–Trinajstić information content (AvgIpc) is 3.03. The van der Waals surface area contributed by atoms with E-state index in [1.807, 2.05) is 36.4 Å². The van der Waals surface area contributed by atoms with Gasteiger partial charge in [0.25, 0.3) is 11.8 Å². The number of carbonyl (C=O) groups is 2. The van der Waals surface area contributed by atoms with Gasteiger partial charge in [0.1, 0.15) is 11.4 Å². The molecule has 1 aromatic heterocycles. The molecular weight excluding hydrogens is 390 g/mol. The van der Waals surface area contributed by atoms with Crippen LogP contribution in [0.25, 0.3) is 5.57 Å². The minimum atomic E-state index is -0.239. The van der Waals surface area contributed by atoms with Gasteiger partial charge >= 0.3 is 0 Å². The summed E-state index contributed by atoms with van der Waals surface area (Å²) in [6.07, 6.45) is 6.45. The van der Waals surface area contributed by atoms with Crippen LogP contribution in [0.2, 0.25) is 0 Å². The molecule has 31 heavy (non-hydrogen) atoms. The number of aromatic nitrogens is 1. The van der Waals surface area contributed by atoms with E-state index in [0.29, 0.717) is 23.8 Å². The highest BCUT2D eigenvalue weighted by atomic mass is 16.5. The van der Waals surface area contributed by atoms with E-state index in [1.54, 1.807) is 12.4 Å². The fourth-order valence-corrected chi connectivity index (χ4v) is 4.26. The third kappa shape index (κ3) is 4.48. The Kier molecular flexibility index (Phi) is 6.35. The molecule has 2 amide bonds. The number of likely N-dealkylation sites (tertiary alicyclic amines) is 1. The molecule has 1 unspecified atom stereocenters. The number of pyridine rings is 1. The van der Waals surface area contributed by atoms with Gasteiger partial charge in [-0.15, -0.1) is 0 Å². The van der Waals surface area contributed by atoms with E-state index >= 15 is 0 Å². The first-order chi connectivity index (χ1) is 15.1. The van der Waals surface area contributed by atoms with Gasteiger partial charge in [0.05, 0.1) is 18.7 Å². The molecule has 2 aliphatic rings. The second-order valence-electron chi connectivity index (χ2n) is 8.34. The molecule has 2 aliphatic heterocycles. The zero-order valence-electron chi connectivity index (χ0n) is 18.2. The molecule has 3 heterocycles. The Bertz CT molecular complexity index is 969. The maximum absolute atomic E-state index is 13.5.